The van der Waals surface area contributed by atoms with E-state index in [4.69, 9.17) is 0 Å². The molecule has 0 aliphatic carbocycles. The number of amides is 2. The summed E-state index contributed by atoms with van der Waals surface area (Å²) in [5.74, 6) is -0.157. The van der Waals surface area contributed by atoms with Gasteiger partial charge < -0.3 is 10.2 Å². The van der Waals surface area contributed by atoms with E-state index in [1.54, 1.807) is 22.7 Å². The Labute approximate surface area is 154 Å². The summed E-state index contributed by atoms with van der Waals surface area (Å²) in [4.78, 5) is 33.1. The number of aromatic nitrogens is 3. The average Bonchev–Trinajstić information content (AvgIpc) is 3.23. The molecule has 4 heterocycles. The Hall–Kier alpha value is -2.74. The maximum Gasteiger partial charge on any atom is 0.261 e. The summed E-state index contributed by atoms with van der Waals surface area (Å²) in [6.45, 7) is 4.99. The van der Waals surface area contributed by atoms with Crippen LogP contribution in [0.15, 0.2) is 18.3 Å². The van der Waals surface area contributed by atoms with Crippen LogP contribution in [0.4, 0.5) is 0 Å². The molecule has 0 saturated heterocycles. The van der Waals surface area contributed by atoms with Gasteiger partial charge in [0.15, 0.2) is 5.65 Å². The van der Waals surface area contributed by atoms with E-state index < -0.39 is 0 Å². The summed E-state index contributed by atoms with van der Waals surface area (Å²) in [6.07, 6.45) is 2.35. The number of fused-ring (bicyclic) bond motifs is 2. The van der Waals surface area contributed by atoms with Crippen molar-refractivity contribution in [2.45, 2.75) is 26.8 Å². The first-order valence-corrected chi connectivity index (χ1v) is 9.24. The second-order valence-electron chi connectivity index (χ2n) is 6.45. The van der Waals surface area contributed by atoms with Crippen molar-refractivity contribution in [2.24, 2.45) is 0 Å². The Morgan fingerprint density at radius 1 is 1.27 bits per heavy atom. The van der Waals surface area contributed by atoms with Gasteiger partial charge in [0.1, 0.15) is 5.56 Å². The van der Waals surface area contributed by atoms with Crippen LogP contribution in [-0.4, -0.2) is 44.9 Å². The predicted octanol–water partition coefficient (Wildman–Crippen LogP) is 1.97. The second kappa shape index (κ2) is 6.21. The van der Waals surface area contributed by atoms with Gasteiger partial charge in [-0.1, -0.05) is 0 Å². The third kappa shape index (κ3) is 2.66. The highest BCUT2D eigenvalue weighted by molar-refractivity contribution is 7.14. The van der Waals surface area contributed by atoms with E-state index in [9.17, 15) is 9.59 Å². The number of rotatable bonds is 2. The summed E-state index contributed by atoms with van der Waals surface area (Å²) < 4.78 is 1.70. The fourth-order valence-corrected chi connectivity index (χ4v) is 4.44. The van der Waals surface area contributed by atoms with Crippen LogP contribution in [0, 0.1) is 13.8 Å². The van der Waals surface area contributed by atoms with Crippen LogP contribution in [0.2, 0.25) is 0 Å². The molecule has 1 N–H and O–H groups in total. The summed E-state index contributed by atoms with van der Waals surface area (Å²) in [5.41, 5.74) is 3.96. The molecule has 1 aliphatic heterocycles. The van der Waals surface area contributed by atoms with E-state index in [0.717, 1.165) is 23.4 Å². The van der Waals surface area contributed by atoms with Gasteiger partial charge in [-0.15, -0.1) is 11.3 Å². The Bertz CT molecular complexity index is 1040. The molecule has 2 amide bonds. The van der Waals surface area contributed by atoms with E-state index in [1.165, 1.54) is 16.2 Å². The van der Waals surface area contributed by atoms with Gasteiger partial charge in [0.25, 0.3) is 11.8 Å². The lowest BCUT2D eigenvalue weighted by atomic mass is 10.1. The molecule has 8 heteroatoms. The van der Waals surface area contributed by atoms with Crippen molar-refractivity contribution >= 4 is 28.8 Å². The van der Waals surface area contributed by atoms with Crippen LogP contribution in [0.3, 0.4) is 0 Å². The molecule has 1 aliphatic rings. The molecule has 0 spiro atoms. The van der Waals surface area contributed by atoms with Crippen LogP contribution in [-0.2, 0) is 13.0 Å². The first kappa shape index (κ1) is 16.7. The number of hydrogen-bond donors (Lipinski definition) is 1. The van der Waals surface area contributed by atoms with E-state index in [0.29, 0.717) is 29.2 Å². The van der Waals surface area contributed by atoms with Crippen molar-refractivity contribution in [3.8, 4) is 0 Å². The Morgan fingerprint density at radius 2 is 2.08 bits per heavy atom. The van der Waals surface area contributed by atoms with Gasteiger partial charge in [-0.2, -0.15) is 5.10 Å². The molecule has 3 aromatic heterocycles. The fourth-order valence-electron chi connectivity index (χ4n) is 3.33. The Kier molecular flexibility index (Phi) is 3.99. The highest BCUT2D eigenvalue weighted by Gasteiger charge is 2.27. The minimum atomic E-state index is -0.0833. The molecule has 0 radical (unpaired) electrons. The van der Waals surface area contributed by atoms with Crippen molar-refractivity contribution in [2.75, 3.05) is 13.6 Å². The molecule has 4 rings (SSSR count). The van der Waals surface area contributed by atoms with Gasteiger partial charge in [-0.05, 0) is 38.0 Å². The number of thiophene rings is 1. The zero-order valence-corrected chi connectivity index (χ0v) is 15.7. The normalized spacial score (nSPS) is 13.7. The number of carbonyl (C=O) groups is 2. The van der Waals surface area contributed by atoms with Crippen LogP contribution < -0.4 is 5.32 Å². The monoisotopic (exact) mass is 369 g/mol. The lowest BCUT2D eigenvalue weighted by Crippen LogP contribution is -2.35. The van der Waals surface area contributed by atoms with Gasteiger partial charge in [-0.25, -0.2) is 9.50 Å². The SMILES string of the molecule is CNC(=O)c1cc2c(s1)CCN(C(=O)c1cnn3c(C)cc(C)nc13)C2. The van der Waals surface area contributed by atoms with E-state index in [-0.39, 0.29) is 11.8 Å². The first-order chi connectivity index (χ1) is 12.5. The molecule has 0 unspecified atom stereocenters. The van der Waals surface area contributed by atoms with Crippen LogP contribution in [0.1, 0.15) is 41.9 Å². The van der Waals surface area contributed by atoms with Crippen molar-refractivity contribution in [3.63, 3.8) is 0 Å². The standard InChI is InChI=1S/C18H19N5O2S/c1-10-6-11(2)23-16(21-10)13(8-20-23)18(25)22-5-4-14-12(9-22)7-15(26-14)17(24)19-3/h6-8H,4-5,9H2,1-3H3,(H,19,24). The van der Waals surface area contributed by atoms with Gasteiger partial charge in [0.2, 0.25) is 0 Å². The first-order valence-electron chi connectivity index (χ1n) is 8.43. The molecule has 0 fully saturated rings. The van der Waals surface area contributed by atoms with Crippen molar-refractivity contribution < 1.29 is 9.59 Å². The van der Waals surface area contributed by atoms with Gasteiger partial charge in [-0.3, -0.25) is 9.59 Å². The summed E-state index contributed by atoms with van der Waals surface area (Å²) >= 11 is 1.51. The van der Waals surface area contributed by atoms with E-state index >= 15 is 0 Å². The second-order valence-corrected chi connectivity index (χ2v) is 7.58. The molecule has 3 aromatic rings. The van der Waals surface area contributed by atoms with Crippen molar-refractivity contribution in [3.05, 3.63) is 50.6 Å². The van der Waals surface area contributed by atoms with Gasteiger partial charge in [0.05, 0.1) is 11.1 Å². The minimum Gasteiger partial charge on any atom is -0.354 e. The van der Waals surface area contributed by atoms with E-state index in [2.05, 4.69) is 15.4 Å². The van der Waals surface area contributed by atoms with Crippen LogP contribution in [0.5, 0.6) is 0 Å². The maximum absolute atomic E-state index is 13.1. The molecule has 26 heavy (non-hydrogen) atoms. The summed E-state index contributed by atoms with van der Waals surface area (Å²) in [6, 6.07) is 3.83. The third-order valence-electron chi connectivity index (χ3n) is 4.61. The number of carbonyl (C=O) groups excluding carboxylic acids is 2. The van der Waals surface area contributed by atoms with E-state index in [1.807, 2.05) is 26.0 Å². The topological polar surface area (TPSA) is 79.6 Å². The smallest absolute Gasteiger partial charge is 0.261 e. The molecular weight excluding hydrogens is 350 g/mol. The number of nitrogens with zero attached hydrogens (tertiary/aromatic N) is 4. The van der Waals surface area contributed by atoms with Crippen molar-refractivity contribution in [1.82, 2.24) is 24.8 Å². The van der Waals surface area contributed by atoms with Gasteiger partial charge in [0, 0.05) is 36.4 Å². The Balaban J connectivity index is 1.64. The molecule has 7 nitrogen and oxygen atoms in total. The third-order valence-corrected chi connectivity index (χ3v) is 5.85. The molecule has 134 valence electrons. The lowest BCUT2D eigenvalue weighted by Gasteiger charge is -2.26. The number of hydrogen-bond acceptors (Lipinski definition) is 5. The quantitative estimate of drug-likeness (QED) is 0.749. The number of nitrogens with one attached hydrogen (secondary N) is 1. The zero-order chi connectivity index (χ0) is 18.4. The number of aryl methyl sites for hydroxylation is 2. The Morgan fingerprint density at radius 3 is 2.85 bits per heavy atom. The maximum atomic E-state index is 13.1. The minimum absolute atomic E-state index is 0.0733. The fraction of sp³-hybridized carbons (Fsp3) is 0.333. The summed E-state index contributed by atoms with van der Waals surface area (Å²) in [5, 5.41) is 6.96. The average molecular weight is 369 g/mol. The molecule has 0 aromatic carbocycles. The molecule has 0 saturated carbocycles. The van der Waals surface area contributed by atoms with Crippen molar-refractivity contribution in [1.29, 1.82) is 0 Å². The molecule has 0 bridgehead atoms. The largest absolute Gasteiger partial charge is 0.354 e. The summed E-state index contributed by atoms with van der Waals surface area (Å²) in [7, 11) is 1.62. The zero-order valence-electron chi connectivity index (χ0n) is 14.9. The molecular formula is C18H19N5O2S. The highest BCUT2D eigenvalue weighted by Crippen LogP contribution is 2.29. The van der Waals surface area contributed by atoms with Crippen LogP contribution in [0.25, 0.3) is 5.65 Å². The lowest BCUT2D eigenvalue weighted by molar-refractivity contribution is 0.0737. The molecule has 0 atom stereocenters. The highest BCUT2D eigenvalue weighted by atomic mass is 32.1. The predicted molar refractivity (Wildman–Crippen MR) is 98.6 cm³/mol. The van der Waals surface area contributed by atoms with Gasteiger partial charge >= 0.3 is 0 Å². The van der Waals surface area contributed by atoms with Crippen LogP contribution >= 0.6 is 11.3 Å².